The first-order valence-corrected chi connectivity index (χ1v) is 9.85. The zero-order valence-electron chi connectivity index (χ0n) is 17.3. The maximum Gasteiger partial charge on any atom is 0.325 e. The molecule has 1 heterocycles. The van der Waals surface area contributed by atoms with Crippen LogP contribution in [0, 0.1) is 11.6 Å². The first kappa shape index (κ1) is 22.2. The standard InChI is InChI=1S/C22H24F2N4O3/c1-22(15-9-10-17(23)18(24)13-15)20(30)28(21(31)26-22)14-19(29)25-11-6-12-27(2)16-7-4-3-5-8-16/h3-5,7-10,13H,6,11-12,14H2,1-2H3,(H,25,29)(H,26,31). The number of carbonyl (C=O) groups is 3. The van der Waals surface area contributed by atoms with Gasteiger partial charge in [-0.25, -0.2) is 13.6 Å². The number of rotatable bonds is 8. The number of hydrogen-bond acceptors (Lipinski definition) is 4. The van der Waals surface area contributed by atoms with E-state index in [0.717, 1.165) is 22.7 Å². The molecule has 1 aliphatic rings. The Hall–Kier alpha value is -3.49. The summed E-state index contributed by atoms with van der Waals surface area (Å²) in [5.41, 5.74) is -0.425. The van der Waals surface area contributed by atoms with Gasteiger partial charge < -0.3 is 15.5 Å². The number of amides is 4. The molecule has 1 saturated heterocycles. The number of carbonyl (C=O) groups excluding carboxylic acids is 3. The van der Waals surface area contributed by atoms with Crippen molar-refractivity contribution in [1.82, 2.24) is 15.5 Å². The second-order valence-electron chi connectivity index (χ2n) is 7.54. The highest BCUT2D eigenvalue weighted by Crippen LogP contribution is 2.29. The minimum atomic E-state index is -1.58. The Balaban J connectivity index is 1.52. The van der Waals surface area contributed by atoms with Crippen molar-refractivity contribution < 1.29 is 23.2 Å². The fourth-order valence-corrected chi connectivity index (χ4v) is 3.40. The van der Waals surface area contributed by atoms with Crippen molar-refractivity contribution in [2.45, 2.75) is 18.9 Å². The predicted octanol–water partition coefficient (Wildman–Crippen LogP) is 2.37. The second-order valence-corrected chi connectivity index (χ2v) is 7.54. The Kier molecular flexibility index (Phi) is 6.53. The summed E-state index contributed by atoms with van der Waals surface area (Å²) in [6, 6.07) is 12.0. The first-order chi connectivity index (χ1) is 14.7. The third kappa shape index (κ3) is 4.82. The summed E-state index contributed by atoms with van der Waals surface area (Å²) in [6.07, 6.45) is 0.670. The number of urea groups is 1. The van der Waals surface area contributed by atoms with Crippen LogP contribution in [-0.2, 0) is 15.1 Å². The third-order valence-electron chi connectivity index (χ3n) is 5.26. The van der Waals surface area contributed by atoms with Gasteiger partial charge in [-0.2, -0.15) is 0 Å². The topological polar surface area (TPSA) is 81.8 Å². The second kappa shape index (κ2) is 9.11. The van der Waals surface area contributed by atoms with Gasteiger partial charge in [0.2, 0.25) is 5.91 Å². The van der Waals surface area contributed by atoms with Crippen LogP contribution >= 0.6 is 0 Å². The molecule has 2 N–H and O–H groups in total. The van der Waals surface area contributed by atoms with E-state index in [4.69, 9.17) is 0 Å². The van der Waals surface area contributed by atoms with Crippen LogP contribution < -0.4 is 15.5 Å². The number of para-hydroxylation sites is 1. The van der Waals surface area contributed by atoms with Crippen LogP contribution in [0.3, 0.4) is 0 Å². The number of anilines is 1. The molecule has 0 aliphatic carbocycles. The molecule has 31 heavy (non-hydrogen) atoms. The van der Waals surface area contributed by atoms with Gasteiger partial charge in [0.05, 0.1) is 0 Å². The molecule has 4 amide bonds. The highest BCUT2D eigenvalue weighted by atomic mass is 19.2. The van der Waals surface area contributed by atoms with E-state index in [0.29, 0.717) is 19.5 Å². The van der Waals surface area contributed by atoms with Gasteiger partial charge in [-0.3, -0.25) is 14.5 Å². The molecular formula is C22H24F2N4O3. The Bertz CT molecular complexity index is 986. The summed E-state index contributed by atoms with van der Waals surface area (Å²) in [5.74, 6) is -3.38. The van der Waals surface area contributed by atoms with E-state index in [2.05, 4.69) is 15.5 Å². The third-order valence-corrected chi connectivity index (χ3v) is 5.26. The van der Waals surface area contributed by atoms with Gasteiger partial charge in [-0.15, -0.1) is 0 Å². The van der Waals surface area contributed by atoms with Crippen molar-refractivity contribution in [2.24, 2.45) is 0 Å². The monoisotopic (exact) mass is 430 g/mol. The number of imide groups is 1. The fourth-order valence-electron chi connectivity index (χ4n) is 3.40. The van der Waals surface area contributed by atoms with Crippen LogP contribution in [0.2, 0.25) is 0 Å². The number of benzene rings is 2. The molecule has 1 fully saturated rings. The Labute approximate surface area is 179 Å². The van der Waals surface area contributed by atoms with E-state index in [1.807, 2.05) is 37.4 Å². The molecule has 9 heteroatoms. The molecule has 0 radical (unpaired) electrons. The van der Waals surface area contributed by atoms with Gasteiger partial charge >= 0.3 is 6.03 Å². The molecule has 0 spiro atoms. The number of nitrogens with zero attached hydrogens (tertiary/aromatic N) is 2. The van der Waals surface area contributed by atoms with E-state index < -0.39 is 41.6 Å². The smallest absolute Gasteiger partial charge is 0.325 e. The van der Waals surface area contributed by atoms with E-state index in [9.17, 15) is 23.2 Å². The van der Waals surface area contributed by atoms with Gasteiger partial charge in [0.1, 0.15) is 12.1 Å². The van der Waals surface area contributed by atoms with Gasteiger partial charge in [0, 0.05) is 25.8 Å². The van der Waals surface area contributed by atoms with Crippen molar-refractivity contribution in [2.75, 3.05) is 31.6 Å². The molecule has 1 unspecified atom stereocenters. The lowest BCUT2D eigenvalue weighted by atomic mass is 9.92. The minimum Gasteiger partial charge on any atom is -0.375 e. The van der Waals surface area contributed by atoms with Crippen LogP contribution in [0.25, 0.3) is 0 Å². The Morgan fingerprint density at radius 2 is 1.84 bits per heavy atom. The molecule has 7 nitrogen and oxygen atoms in total. The summed E-state index contributed by atoms with van der Waals surface area (Å²) in [7, 11) is 1.95. The number of halogens is 2. The van der Waals surface area contributed by atoms with Crippen LogP contribution in [0.1, 0.15) is 18.9 Å². The maximum absolute atomic E-state index is 13.6. The van der Waals surface area contributed by atoms with E-state index in [1.165, 1.54) is 13.0 Å². The lowest BCUT2D eigenvalue weighted by molar-refractivity contribution is -0.134. The summed E-state index contributed by atoms with van der Waals surface area (Å²) in [4.78, 5) is 40.1. The molecule has 0 aromatic heterocycles. The van der Waals surface area contributed by atoms with Gasteiger partial charge in [0.25, 0.3) is 5.91 Å². The van der Waals surface area contributed by atoms with Crippen LogP contribution in [0.15, 0.2) is 48.5 Å². The SMILES string of the molecule is CN(CCCNC(=O)CN1C(=O)NC(C)(c2ccc(F)c(F)c2)C1=O)c1ccccc1. The molecular weight excluding hydrogens is 406 g/mol. The zero-order valence-corrected chi connectivity index (χ0v) is 17.3. The highest BCUT2D eigenvalue weighted by molar-refractivity contribution is 6.09. The van der Waals surface area contributed by atoms with Crippen molar-refractivity contribution in [3.05, 3.63) is 65.7 Å². The average Bonchev–Trinajstić information content (AvgIpc) is 2.97. The average molecular weight is 430 g/mol. The molecule has 1 aliphatic heterocycles. The molecule has 0 bridgehead atoms. The maximum atomic E-state index is 13.6. The van der Waals surface area contributed by atoms with Crippen molar-refractivity contribution in [3.8, 4) is 0 Å². The number of hydrogen-bond donors (Lipinski definition) is 2. The quantitative estimate of drug-likeness (QED) is 0.498. The first-order valence-electron chi connectivity index (χ1n) is 9.85. The Morgan fingerprint density at radius 3 is 2.52 bits per heavy atom. The van der Waals surface area contributed by atoms with Crippen molar-refractivity contribution >= 4 is 23.5 Å². The number of nitrogens with one attached hydrogen (secondary N) is 2. The summed E-state index contributed by atoms with van der Waals surface area (Å²) < 4.78 is 26.8. The molecule has 2 aromatic carbocycles. The van der Waals surface area contributed by atoms with Crippen LogP contribution in [0.5, 0.6) is 0 Å². The van der Waals surface area contributed by atoms with Gasteiger partial charge in [-0.05, 0) is 43.2 Å². The van der Waals surface area contributed by atoms with E-state index >= 15 is 0 Å². The predicted molar refractivity (Wildman–Crippen MR) is 111 cm³/mol. The van der Waals surface area contributed by atoms with Gasteiger partial charge in [0.15, 0.2) is 11.6 Å². The van der Waals surface area contributed by atoms with E-state index in [-0.39, 0.29) is 5.56 Å². The largest absolute Gasteiger partial charge is 0.375 e. The van der Waals surface area contributed by atoms with Crippen LogP contribution in [0.4, 0.5) is 19.3 Å². The lowest BCUT2D eigenvalue weighted by Gasteiger charge is -2.22. The molecule has 1 atom stereocenters. The fraction of sp³-hybridized carbons (Fsp3) is 0.318. The zero-order chi connectivity index (χ0) is 22.6. The highest BCUT2D eigenvalue weighted by Gasteiger charge is 2.49. The molecule has 2 aromatic rings. The summed E-state index contributed by atoms with van der Waals surface area (Å²) >= 11 is 0. The molecule has 0 saturated carbocycles. The minimum absolute atomic E-state index is 0.0941. The van der Waals surface area contributed by atoms with Gasteiger partial charge in [-0.1, -0.05) is 24.3 Å². The summed E-state index contributed by atoms with van der Waals surface area (Å²) in [5, 5.41) is 5.15. The molecule has 164 valence electrons. The van der Waals surface area contributed by atoms with Crippen LogP contribution in [-0.4, -0.2) is 49.4 Å². The molecule has 3 rings (SSSR count). The normalized spacial score (nSPS) is 18.1. The van der Waals surface area contributed by atoms with Crippen molar-refractivity contribution in [3.63, 3.8) is 0 Å². The lowest BCUT2D eigenvalue weighted by Crippen LogP contribution is -2.43. The van der Waals surface area contributed by atoms with Crippen molar-refractivity contribution in [1.29, 1.82) is 0 Å². The summed E-state index contributed by atoms with van der Waals surface area (Å²) in [6.45, 7) is 2.01. The Morgan fingerprint density at radius 1 is 1.13 bits per heavy atom. The van der Waals surface area contributed by atoms with E-state index in [1.54, 1.807) is 0 Å².